The van der Waals surface area contributed by atoms with Gasteiger partial charge in [0.15, 0.2) is 0 Å². The Kier molecular flexibility index (Phi) is 7.94. The third kappa shape index (κ3) is 4.94. The van der Waals surface area contributed by atoms with E-state index in [4.69, 9.17) is 9.47 Å². The number of benzene rings is 1. The van der Waals surface area contributed by atoms with Gasteiger partial charge in [0.05, 0.1) is 43.0 Å². The standard InChI is InChI=1S/C26H36N4O6S/c1-2-36-18-5-3-17(4-6-18)28-23(32)20-19-7-8-26(37-19)21(20)25(34)30(11-14-31)22(26)24(33)27-9-10-29-12-15-35-16-13-29/h3-6,19-22,31H,2,7-16H2,1H3,(H,27,33)(H,28,32)/t19-,20+,21+,22?,26?/m1/s1. The molecule has 2 unspecified atom stereocenters. The Bertz CT molecular complexity index is 1000. The zero-order valence-electron chi connectivity index (χ0n) is 21.2. The molecule has 0 aliphatic carbocycles. The van der Waals surface area contributed by atoms with Crippen molar-refractivity contribution >= 4 is 35.2 Å². The summed E-state index contributed by atoms with van der Waals surface area (Å²) < 4.78 is 10.2. The minimum absolute atomic E-state index is 0.0171. The summed E-state index contributed by atoms with van der Waals surface area (Å²) in [4.78, 5) is 44.5. The van der Waals surface area contributed by atoms with E-state index in [0.717, 1.165) is 31.8 Å². The predicted octanol–water partition coefficient (Wildman–Crippen LogP) is 0.556. The fourth-order valence-corrected chi connectivity index (χ4v) is 8.61. The molecule has 3 N–H and O–H groups in total. The van der Waals surface area contributed by atoms with E-state index in [1.165, 1.54) is 4.90 Å². The number of fused-ring (bicyclic) bond motifs is 1. The average Bonchev–Trinajstić information content (AvgIpc) is 3.54. The second-order valence-electron chi connectivity index (χ2n) is 10.0. The van der Waals surface area contributed by atoms with Crippen LogP contribution in [0.2, 0.25) is 0 Å². The number of hydrogen-bond donors (Lipinski definition) is 3. The van der Waals surface area contributed by atoms with Crippen LogP contribution >= 0.6 is 11.8 Å². The zero-order chi connectivity index (χ0) is 26.0. The molecule has 1 aromatic rings. The van der Waals surface area contributed by atoms with Gasteiger partial charge < -0.3 is 30.1 Å². The molecule has 4 fully saturated rings. The van der Waals surface area contributed by atoms with E-state index in [0.29, 0.717) is 38.5 Å². The van der Waals surface area contributed by atoms with Gasteiger partial charge in [0.25, 0.3) is 0 Å². The molecule has 5 rings (SSSR count). The summed E-state index contributed by atoms with van der Waals surface area (Å²) in [6, 6.07) is 6.49. The number of nitrogens with one attached hydrogen (secondary N) is 2. The maximum atomic E-state index is 13.7. The number of aliphatic hydroxyl groups is 1. The molecular weight excluding hydrogens is 496 g/mol. The first-order valence-electron chi connectivity index (χ1n) is 13.2. The number of amides is 3. The summed E-state index contributed by atoms with van der Waals surface area (Å²) in [5.74, 6) is -0.977. The first-order valence-corrected chi connectivity index (χ1v) is 14.1. The van der Waals surface area contributed by atoms with Crippen LogP contribution in [0.5, 0.6) is 5.75 Å². The van der Waals surface area contributed by atoms with Gasteiger partial charge in [-0.3, -0.25) is 19.3 Å². The Balaban J connectivity index is 1.30. The maximum Gasteiger partial charge on any atom is 0.244 e. The number of anilines is 1. The smallest absolute Gasteiger partial charge is 0.244 e. The second kappa shape index (κ2) is 11.2. The van der Waals surface area contributed by atoms with E-state index in [1.807, 2.05) is 6.92 Å². The monoisotopic (exact) mass is 532 g/mol. The van der Waals surface area contributed by atoms with E-state index in [-0.39, 0.29) is 36.1 Å². The highest BCUT2D eigenvalue weighted by Crippen LogP contribution is 2.66. The van der Waals surface area contributed by atoms with Crippen molar-refractivity contribution in [1.82, 2.24) is 15.1 Å². The van der Waals surface area contributed by atoms with Gasteiger partial charge in [0.1, 0.15) is 11.8 Å². The van der Waals surface area contributed by atoms with Crippen LogP contribution in [0.25, 0.3) is 0 Å². The summed E-state index contributed by atoms with van der Waals surface area (Å²) in [6.45, 7) is 6.57. The van der Waals surface area contributed by atoms with Gasteiger partial charge in [0.2, 0.25) is 17.7 Å². The van der Waals surface area contributed by atoms with Crippen LogP contribution in [0.4, 0.5) is 5.69 Å². The molecule has 5 atom stereocenters. The Morgan fingerprint density at radius 2 is 1.95 bits per heavy atom. The van der Waals surface area contributed by atoms with Crippen LogP contribution in [-0.4, -0.2) is 108 Å². The molecule has 1 spiro atoms. The van der Waals surface area contributed by atoms with Crippen molar-refractivity contribution < 1.29 is 29.0 Å². The number of rotatable bonds is 10. The molecule has 0 saturated carbocycles. The molecule has 4 heterocycles. The highest BCUT2D eigenvalue weighted by Gasteiger charge is 2.73. The Labute approximate surface area is 221 Å². The molecule has 202 valence electrons. The SMILES string of the molecule is CCOc1ccc(NC(=O)[C@@H]2[C@H]3C(=O)N(CCO)C(C(=O)NCCN4CCOCC4)C34CC[C@H]2S4)cc1. The summed E-state index contributed by atoms with van der Waals surface area (Å²) in [5, 5.41) is 15.7. The van der Waals surface area contributed by atoms with Crippen LogP contribution in [-0.2, 0) is 19.1 Å². The van der Waals surface area contributed by atoms with Crippen molar-refractivity contribution in [2.24, 2.45) is 11.8 Å². The topological polar surface area (TPSA) is 120 Å². The van der Waals surface area contributed by atoms with E-state index in [9.17, 15) is 19.5 Å². The summed E-state index contributed by atoms with van der Waals surface area (Å²) in [6.07, 6.45) is 1.48. The average molecular weight is 533 g/mol. The number of aliphatic hydroxyl groups excluding tert-OH is 1. The minimum atomic E-state index is -0.694. The van der Waals surface area contributed by atoms with Crippen LogP contribution in [0.15, 0.2) is 24.3 Å². The Morgan fingerprint density at radius 3 is 2.65 bits per heavy atom. The van der Waals surface area contributed by atoms with E-state index in [1.54, 1.807) is 36.0 Å². The van der Waals surface area contributed by atoms with Crippen LogP contribution in [0.1, 0.15) is 19.8 Å². The number of likely N-dealkylation sites (tertiary alicyclic amines) is 1. The fraction of sp³-hybridized carbons (Fsp3) is 0.654. The van der Waals surface area contributed by atoms with Crippen molar-refractivity contribution in [3.8, 4) is 5.75 Å². The lowest BCUT2D eigenvalue weighted by Crippen LogP contribution is -2.55. The Hall–Kier alpha value is -2.34. The summed E-state index contributed by atoms with van der Waals surface area (Å²) in [5.41, 5.74) is 0.644. The number of carbonyl (C=O) groups excluding carboxylic acids is 3. The lowest BCUT2D eigenvalue weighted by Gasteiger charge is -2.34. The van der Waals surface area contributed by atoms with Crippen LogP contribution < -0.4 is 15.4 Å². The highest BCUT2D eigenvalue weighted by atomic mass is 32.2. The van der Waals surface area contributed by atoms with E-state index < -0.39 is 22.6 Å². The number of thioether (sulfide) groups is 1. The largest absolute Gasteiger partial charge is 0.494 e. The number of β-amino-alcohol motifs (C(OH)–C–C–N with tert-alkyl or cyclic N) is 1. The van der Waals surface area contributed by atoms with Crippen molar-refractivity contribution in [1.29, 1.82) is 0 Å². The first-order chi connectivity index (χ1) is 18.0. The molecule has 0 radical (unpaired) electrons. The van der Waals surface area contributed by atoms with Crippen molar-refractivity contribution in [3.63, 3.8) is 0 Å². The number of nitrogens with zero attached hydrogens (tertiary/aromatic N) is 2. The third-order valence-corrected chi connectivity index (χ3v) is 9.91. The molecule has 37 heavy (non-hydrogen) atoms. The van der Waals surface area contributed by atoms with Crippen LogP contribution in [0.3, 0.4) is 0 Å². The molecule has 4 aliphatic rings. The van der Waals surface area contributed by atoms with E-state index in [2.05, 4.69) is 15.5 Å². The third-order valence-electron chi connectivity index (χ3n) is 7.96. The molecule has 3 amide bonds. The number of hydrogen-bond acceptors (Lipinski definition) is 8. The predicted molar refractivity (Wildman–Crippen MR) is 139 cm³/mol. The molecule has 4 aliphatic heterocycles. The minimum Gasteiger partial charge on any atom is -0.494 e. The summed E-state index contributed by atoms with van der Waals surface area (Å²) >= 11 is 1.62. The molecule has 2 bridgehead atoms. The van der Waals surface area contributed by atoms with Crippen LogP contribution in [0, 0.1) is 11.8 Å². The fourth-order valence-electron chi connectivity index (χ4n) is 6.39. The van der Waals surface area contributed by atoms with Crippen molar-refractivity contribution in [3.05, 3.63) is 24.3 Å². The highest BCUT2D eigenvalue weighted by molar-refractivity contribution is 8.02. The lowest BCUT2D eigenvalue weighted by atomic mass is 9.70. The molecular formula is C26H36N4O6S. The van der Waals surface area contributed by atoms with Crippen molar-refractivity contribution in [2.75, 3.05) is 64.5 Å². The molecule has 1 aromatic carbocycles. The molecule has 4 saturated heterocycles. The number of carbonyl (C=O) groups is 3. The molecule has 10 nitrogen and oxygen atoms in total. The van der Waals surface area contributed by atoms with Gasteiger partial charge in [-0.05, 0) is 44.0 Å². The van der Waals surface area contributed by atoms with Crippen molar-refractivity contribution in [2.45, 2.75) is 35.8 Å². The van der Waals surface area contributed by atoms with Gasteiger partial charge in [-0.15, -0.1) is 11.8 Å². The van der Waals surface area contributed by atoms with E-state index >= 15 is 0 Å². The van der Waals surface area contributed by atoms with Gasteiger partial charge >= 0.3 is 0 Å². The molecule has 0 aromatic heterocycles. The zero-order valence-corrected chi connectivity index (χ0v) is 22.0. The van der Waals surface area contributed by atoms with Gasteiger partial charge in [-0.25, -0.2) is 0 Å². The van der Waals surface area contributed by atoms with Gasteiger partial charge in [-0.2, -0.15) is 0 Å². The van der Waals surface area contributed by atoms with Gasteiger partial charge in [-0.1, -0.05) is 0 Å². The normalized spacial score (nSPS) is 30.9. The number of morpholine rings is 1. The maximum absolute atomic E-state index is 13.7. The van der Waals surface area contributed by atoms with Gasteiger partial charge in [0, 0.05) is 43.7 Å². The Morgan fingerprint density at radius 1 is 1.19 bits per heavy atom. The first kappa shape index (κ1) is 26.3. The molecule has 11 heteroatoms. The number of ether oxygens (including phenoxy) is 2. The quantitative estimate of drug-likeness (QED) is 0.400. The second-order valence-corrected chi connectivity index (χ2v) is 11.6. The summed E-state index contributed by atoms with van der Waals surface area (Å²) in [7, 11) is 0. The lowest BCUT2D eigenvalue weighted by molar-refractivity contribution is -0.139.